The Morgan fingerprint density at radius 2 is 1.71 bits per heavy atom. The maximum Gasteiger partial charge on any atom is 0.291 e. The van der Waals surface area contributed by atoms with Crippen molar-refractivity contribution in [1.82, 2.24) is 0 Å². The molecule has 0 radical (unpaired) electrons. The SMILES string of the molecule is Cc1ccc(OCc2ccc(C(=O)Nc3cc(Oc4ccccc4C)cc([N+](=O)[O-])c3)o2)cc1C. The molecule has 8 nitrogen and oxygen atoms in total. The van der Waals surface area contributed by atoms with Gasteiger partial charge in [0.25, 0.3) is 11.6 Å². The van der Waals surface area contributed by atoms with Crippen molar-refractivity contribution in [3.05, 3.63) is 111 Å². The number of carbonyl (C=O) groups excluding carboxylic acids is 1. The summed E-state index contributed by atoms with van der Waals surface area (Å²) >= 11 is 0. The predicted molar refractivity (Wildman–Crippen MR) is 131 cm³/mol. The van der Waals surface area contributed by atoms with Crippen LogP contribution in [0.5, 0.6) is 17.2 Å². The van der Waals surface area contributed by atoms with Crippen molar-refractivity contribution in [3.8, 4) is 17.2 Å². The molecule has 0 aliphatic rings. The number of nitro groups is 1. The van der Waals surface area contributed by atoms with Gasteiger partial charge in [0, 0.05) is 12.1 Å². The van der Waals surface area contributed by atoms with Crippen LogP contribution in [0.4, 0.5) is 11.4 Å². The van der Waals surface area contributed by atoms with E-state index < -0.39 is 10.8 Å². The van der Waals surface area contributed by atoms with E-state index in [1.165, 1.54) is 29.8 Å². The Hall–Kier alpha value is -4.59. The van der Waals surface area contributed by atoms with Gasteiger partial charge in [-0.05, 0) is 67.8 Å². The summed E-state index contributed by atoms with van der Waals surface area (Å²) in [5.41, 5.74) is 3.15. The highest BCUT2D eigenvalue weighted by Crippen LogP contribution is 2.31. The molecule has 0 saturated heterocycles. The van der Waals surface area contributed by atoms with E-state index in [-0.39, 0.29) is 29.5 Å². The molecule has 0 atom stereocenters. The van der Waals surface area contributed by atoms with Gasteiger partial charge >= 0.3 is 0 Å². The van der Waals surface area contributed by atoms with Crippen molar-refractivity contribution < 1.29 is 23.6 Å². The summed E-state index contributed by atoms with van der Waals surface area (Å²) in [4.78, 5) is 23.6. The second-order valence-electron chi connectivity index (χ2n) is 8.10. The molecular weight excluding hydrogens is 448 g/mol. The normalized spacial score (nSPS) is 10.6. The van der Waals surface area contributed by atoms with E-state index in [2.05, 4.69) is 5.32 Å². The van der Waals surface area contributed by atoms with Crippen LogP contribution < -0.4 is 14.8 Å². The summed E-state index contributed by atoms with van der Waals surface area (Å²) in [6.07, 6.45) is 0. The number of nitrogens with one attached hydrogen (secondary N) is 1. The minimum Gasteiger partial charge on any atom is -0.486 e. The minimum absolute atomic E-state index is 0.0524. The molecule has 4 rings (SSSR count). The van der Waals surface area contributed by atoms with Crippen molar-refractivity contribution in [2.24, 2.45) is 0 Å². The summed E-state index contributed by atoms with van der Waals surface area (Å²) in [5.74, 6) is 1.46. The van der Waals surface area contributed by atoms with E-state index in [0.717, 1.165) is 11.1 Å². The number of amides is 1. The first-order valence-corrected chi connectivity index (χ1v) is 10.9. The third-order valence-corrected chi connectivity index (χ3v) is 5.43. The molecule has 0 saturated carbocycles. The third kappa shape index (κ3) is 5.86. The van der Waals surface area contributed by atoms with Crippen LogP contribution in [0.25, 0.3) is 0 Å². The Balaban J connectivity index is 1.46. The maximum atomic E-state index is 12.7. The molecule has 1 aromatic heterocycles. The first-order valence-electron chi connectivity index (χ1n) is 10.9. The molecule has 8 heteroatoms. The van der Waals surface area contributed by atoms with Crippen molar-refractivity contribution in [1.29, 1.82) is 0 Å². The summed E-state index contributed by atoms with van der Waals surface area (Å²) in [6, 6.07) is 20.3. The van der Waals surface area contributed by atoms with Gasteiger partial charge in [0.15, 0.2) is 5.76 Å². The number of non-ortho nitro benzene ring substituents is 1. The van der Waals surface area contributed by atoms with Gasteiger partial charge < -0.3 is 19.2 Å². The van der Waals surface area contributed by atoms with Crippen LogP contribution in [-0.4, -0.2) is 10.8 Å². The number of furan rings is 1. The zero-order valence-electron chi connectivity index (χ0n) is 19.5. The number of para-hydroxylation sites is 1. The lowest BCUT2D eigenvalue weighted by Crippen LogP contribution is -2.11. The number of hydrogen-bond acceptors (Lipinski definition) is 6. The molecule has 0 fully saturated rings. The second kappa shape index (κ2) is 10.1. The Bertz CT molecular complexity index is 1390. The number of aryl methyl sites for hydroxylation is 3. The van der Waals surface area contributed by atoms with Crippen molar-refractivity contribution >= 4 is 17.3 Å². The summed E-state index contributed by atoms with van der Waals surface area (Å²) in [6.45, 7) is 6.05. The lowest BCUT2D eigenvalue weighted by molar-refractivity contribution is -0.384. The van der Waals surface area contributed by atoms with E-state index >= 15 is 0 Å². The lowest BCUT2D eigenvalue weighted by Gasteiger charge is -2.10. The lowest BCUT2D eigenvalue weighted by atomic mass is 10.1. The standard InChI is InChI=1S/C27H24N2O6/c1-17-8-9-22(12-19(17)3)33-16-23-10-11-26(34-23)27(30)28-20-13-21(29(31)32)15-24(14-20)35-25-7-5-4-6-18(25)2/h4-15H,16H2,1-3H3,(H,28,30). The number of ether oxygens (including phenoxy) is 2. The molecule has 178 valence electrons. The average molecular weight is 472 g/mol. The molecule has 4 aromatic rings. The Morgan fingerprint density at radius 3 is 2.46 bits per heavy atom. The maximum absolute atomic E-state index is 12.7. The van der Waals surface area contributed by atoms with Crippen LogP contribution in [0.3, 0.4) is 0 Å². The van der Waals surface area contributed by atoms with Crippen LogP contribution in [0, 0.1) is 30.9 Å². The van der Waals surface area contributed by atoms with Gasteiger partial charge in [-0.2, -0.15) is 0 Å². The largest absolute Gasteiger partial charge is 0.486 e. The smallest absolute Gasteiger partial charge is 0.291 e. The number of carbonyl (C=O) groups is 1. The third-order valence-electron chi connectivity index (χ3n) is 5.43. The molecule has 0 bridgehead atoms. The number of nitrogens with zero attached hydrogens (tertiary/aromatic N) is 1. The molecule has 1 heterocycles. The zero-order chi connectivity index (χ0) is 24.9. The van der Waals surface area contributed by atoms with E-state index in [9.17, 15) is 14.9 Å². The van der Waals surface area contributed by atoms with E-state index in [1.54, 1.807) is 18.2 Å². The highest BCUT2D eigenvalue weighted by Gasteiger charge is 2.17. The predicted octanol–water partition coefficient (Wildman–Crippen LogP) is 6.74. The van der Waals surface area contributed by atoms with Gasteiger partial charge in [-0.25, -0.2) is 0 Å². The summed E-state index contributed by atoms with van der Waals surface area (Å²) in [7, 11) is 0. The van der Waals surface area contributed by atoms with Crippen LogP contribution in [-0.2, 0) is 6.61 Å². The van der Waals surface area contributed by atoms with Crippen LogP contribution in [0.1, 0.15) is 33.0 Å². The van der Waals surface area contributed by atoms with Crippen molar-refractivity contribution in [2.45, 2.75) is 27.4 Å². The number of hydrogen-bond donors (Lipinski definition) is 1. The molecule has 3 aromatic carbocycles. The molecule has 0 spiro atoms. The summed E-state index contributed by atoms with van der Waals surface area (Å²) < 4.78 is 17.2. The Morgan fingerprint density at radius 1 is 0.914 bits per heavy atom. The molecule has 0 aliphatic heterocycles. The van der Waals surface area contributed by atoms with Gasteiger partial charge in [0.05, 0.1) is 16.7 Å². The second-order valence-corrected chi connectivity index (χ2v) is 8.10. The van der Waals surface area contributed by atoms with Gasteiger partial charge in [-0.1, -0.05) is 24.3 Å². The average Bonchev–Trinajstić information content (AvgIpc) is 3.30. The molecule has 35 heavy (non-hydrogen) atoms. The topological polar surface area (TPSA) is 104 Å². The Labute approximate surface area is 202 Å². The summed E-state index contributed by atoms with van der Waals surface area (Å²) in [5, 5.41) is 14.1. The first-order chi connectivity index (χ1) is 16.8. The van der Waals surface area contributed by atoms with Crippen LogP contribution >= 0.6 is 0 Å². The van der Waals surface area contributed by atoms with Crippen molar-refractivity contribution in [2.75, 3.05) is 5.32 Å². The number of benzene rings is 3. The fraction of sp³-hybridized carbons (Fsp3) is 0.148. The molecule has 0 aliphatic carbocycles. The minimum atomic E-state index is -0.551. The Kier molecular flexibility index (Phi) is 6.82. The van der Waals surface area contributed by atoms with Gasteiger partial charge in [-0.3, -0.25) is 14.9 Å². The number of anilines is 1. The van der Waals surface area contributed by atoms with Gasteiger partial charge in [0.1, 0.15) is 29.6 Å². The van der Waals surface area contributed by atoms with Crippen LogP contribution in [0.2, 0.25) is 0 Å². The molecular formula is C27H24N2O6. The molecule has 1 amide bonds. The molecule has 0 unspecified atom stereocenters. The van der Waals surface area contributed by atoms with Crippen LogP contribution in [0.15, 0.2) is 77.2 Å². The van der Waals surface area contributed by atoms with Gasteiger partial charge in [-0.15, -0.1) is 0 Å². The highest BCUT2D eigenvalue weighted by molar-refractivity contribution is 6.02. The zero-order valence-corrected chi connectivity index (χ0v) is 19.5. The first kappa shape index (κ1) is 23.6. The van der Waals surface area contributed by atoms with Gasteiger partial charge in [0.2, 0.25) is 0 Å². The van der Waals surface area contributed by atoms with E-state index in [4.69, 9.17) is 13.9 Å². The monoisotopic (exact) mass is 472 g/mol. The highest BCUT2D eigenvalue weighted by atomic mass is 16.6. The fourth-order valence-corrected chi connectivity index (χ4v) is 3.35. The number of nitro benzene ring substituents is 1. The van der Waals surface area contributed by atoms with E-state index in [1.807, 2.05) is 51.1 Å². The number of rotatable bonds is 8. The quantitative estimate of drug-likeness (QED) is 0.225. The van der Waals surface area contributed by atoms with Crippen molar-refractivity contribution in [3.63, 3.8) is 0 Å². The fourth-order valence-electron chi connectivity index (χ4n) is 3.35. The molecule has 1 N–H and O–H groups in total. The van der Waals surface area contributed by atoms with E-state index in [0.29, 0.717) is 17.3 Å².